The summed E-state index contributed by atoms with van der Waals surface area (Å²) in [6.07, 6.45) is 4.66. The fourth-order valence-electron chi connectivity index (χ4n) is 3.28. The van der Waals surface area contributed by atoms with Crippen molar-refractivity contribution in [2.24, 2.45) is 0 Å². The molecule has 0 aliphatic carbocycles. The van der Waals surface area contributed by atoms with Crippen molar-refractivity contribution in [3.05, 3.63) is 95.2 Å². The molecule has 4 aromatic rings. The predicted octanol–water partition coefficient (Wildman–Crippen LogP) is 5.22. The number of carbonyl (C=O) groups excluding carboxylic acids is 1. The van der Waals surface area contributed by atoms with Crippen molar-refractivity contribution in [3.63, 3.8) is 0 Å². The predicted molar refractivity (Wildman–Crippen MR) is 115 cm³/mol. The van der Waals surface area contributed by atoms with Crippen LogP contribution in [0.3, 0.4) is 0 Å². The first-order valence-electron chi connectivity index (χ1n) is 9.32. The molecule has 4 rings (SSSR count). The number of nitrogens with one attached hydrogen (secondary N) is 1. The van der Waals surface area contributed by atoms with Crippen LogP contribution in [0.25, 0.3) is 17.1 Å². The molecule has 0 radical (unpaired) electrons. The Balaban J connectivity index is 1.61. The summed E-state index contributed by atoms with van der Waals surface area (Å²) in [6.45, 7) is 2.53. The summed E-state index contributed by atoms with van der Waals surface area (Å²) in [5.74, 6) is 1.20. The van der Waals surface area contributed by atoms with Gasteiger partial charge in [-0.1, -0.05) is 35.9 Å². The molecular weight excluding hydrogens is 386 g/mol. The summed E-state index contributed by atoms with van der Waals surface area (Å²) >= 11 is 6.15. The van der Waals surface area contributed by atoms with Crippen LogP contribution in [0.4, 0.5) is 0 Å². The van der Waals surface area contributed by atoms with Crippen LogP contribution < -0.4 is 5.32 Å². The smallest absolute Gasteiger partial charge is 0.244 e. The fourth-order valence-corrected chi connectivity index (χ4v) is 3.49. The van der Waals surface area contributed by atoms with E-state index in [1.807, 2.05) is 55.5 Å². The maximum Gasteiger partial charge on any atom is 0.244 e. The lowest BCUT2D eigenvalue weighted by atomic mass is 10.2. The lowest BCUT2D eigenvalue weighted by molar-refractivity contribution is -0.117. The Morgan fingerprint density at radius 2 is 2.07 bits per heavy atom. The number of halogens is 1. The molecule has 5 nitrogen and oxygen atoms in total. The standard InChI is InChI=1S/C23H20ClN3O2/c1-16(25-22(28)12-11-19-8-5-13-29-19)23-26-20-9-2-3-10-21(20)27(23)15-17-6-4-7-18(24)14-17/h2-14,16H,15H2,1H3,(H,25,28)/b12-11+. The van der Waals surface area contributed by atoms with E-state index in [4.69, 9.17) is 21.0 Å². The third-order valence-electron chi connectivity index (χ3n) is 4.60. The zero-order valence-corrected chi connectivity index (χ0v) is 16.6. The average Bonchev–Trinajstić information content (AvgIpc) is 3.35. The molecule has 0 bridgehead atoms. The summed E-state index contributed by atoms with van der Waals surface area (Å²) in [5.41, 5.74) is 2.96. The molecule has 0 aliphatic heterocycles. The number of nitrogens with zero attached hydrogens (tertiary/aromatic N) is 2. The molecule has 1 atom stereocenters. The van der Waals surface area contributed by atoms with Crippen LogP contribution in [0.2, 0.25) is 5.02 Å². The maximum absolute atomic E-state index is 12.4. The van der Waals surface area contributed by atoms with Crippen LogP contribution in [0.1, 0.15) is 30.1 Å². The van der Waals surface area contributed by atoms with Crippen LogP contribution in [0.5, 0.6) is 0 Å². The zero-order valence-electron chi connectivity index (χ0n) is 15.9. The van der Waals surface area contributed by atoms with E-state index in [2.05, 4.69) is 9.88 Å². The molecule has 0 spiro atoms. The fraction of sp³-hybridized carbons (Fsp3) is 0.130. The average molecular weight is 406 g/mol. The van der Waals surface area contributed by atoms with Crippen LogP contribution in [-0.4, -0.2) is 15.5 Å². The normalized spacial score (nSPS) is 12.5. The molecule has 2 aromatic heterocycles. The van der Waals surface area contributed by atoms with Crippen molar-refractivity contribution in [1.82, 2.24) is 14.9 Å². The minimum Gasteiger partial charge on any atom is -0.465 e. The van der Waals surface area contributed by atoms with Gasteiger partial charge in [-0.2, -0.15) is 0 Å². The van der Waals surface area contributed by atoms with Gasteiger partial charge in [-0.15, -0.1) is 0 Å². The summed E-state index contributed by atoms with van der Waals surface area (Å²) in [7, 11) is 0. The van der Waals surface area contributed by atoms with Crippen molar-refractivity contribution in [2.75, 3.05) is 0 Å². The highest BCUT2D eigenvalue weighted by Crippen LogP contribution is 2.23. The number of amides is 1. The van der Waals surface area contributed by atoms with E-state index >= 15 is 0 Å². The summed E-state index contributed by atoms with van der Waals surface area (Å²) < 4.78 is 7.33. The molecule has 2 aromatic carbocycles. The second kappa shape index (κ2) is 8.37. The van der Waals surface area contributed by atoms with Crippen molar-refractivity contribution in [1.29, 1.82) is 0 Å². The van der Waals surface area contributed by atoms with Crippen LogP contribution in [0, 0.1) is 0 Å². The Hall–Kier alpha value is -3.31. The van der Waals surface area contributed by atoms with E-state index in [0.29, 0.717) is 17.3 Å². The lowest BCUT2D eigenvalue weighted by Crippen LogP contribution is -2.27. The van der Waals surface area contributed by atoms with Gasteiger partial charge in [-0.05, 0) is 55.0 Å². The topological polar surface area (TPSA) is 60.1 Å². The van der Waals surface area contributed by atoms with Gasteiger partial charge in [0.1, 0.15) is 11.6 Å². The van der Waals surface area contributed by atoms with Gasteiger partial charge in [0.15, 0.2) is 0 Å². The third kappa shape index (κ3) is 4.41. The monoisotopic (exact) mass is 405 g/mol. The van der Waals surface area contributed by atoms with Crippen LogP contribution in [-0.2, 0) is 11.3 Å². The number of para-hydroxylation sites is 2. The van der Waals surface area contributed by atoms with Gasteiger partial charge < -0.3 is 14.3 Å². The van der Waals surface area contributed by atoms with E-state index < -0.39 is 0 Å². The number of fused-ring (bicyclic) bond motifs is 1. The first-order chi connectivity index (χ1) is 14.1. The van der Waals surface area contributed by atoms with Crippen LogP contribution >= 0.6 is 11.6 Å². The van der Waals surface area contributed by atoms with Crippen molar-refractivity contribution < 1.29 is 9.21 Å². The number of imidazole rings is 1. The van der Waals surface area contributed by atoms with E-state index in [1.54, 1.807) is 24.5 Å². The van der Waals surface area contributed by atoms with Crippen LogP contribution in [0.15, 0.2) is 77.4 Å². The summed E-state index contributed by atoms with van der Waals surface area (Å²) in [4.78, 5) is 17.1. The highest BCUT2D eigenvalue weighted by Gasteiger charge is 2.18. The molecule has 0 saturated heterocycles. The largest absolute Gasteiger partial charge is 0.465 e. The van der Waals surface area contributed by atoms with Gasteiger partial charge in [0, 0.05) is 17.6 Å². The lowest BCUT2D eigenvalue weighted by Gasteiger charge is -2.16. The first-order valence-corrected chi connectivity index (χ1v) is 9.69. The molecule has 0 fully saturated rings. The maximum atomic E-state index is 12.4. The van der Waals surface area contributed by atoms with Gasteiger partial charge in [-0.25, -0.2) is 4.98 Å². The van der Waals surface area contributed by atoms with Gasteiger partial charge >= 0.3 is 0 Å². The van der Waals surface area contributed by atoms with E-state index in [0.717, 1.165) is 22.4 Å². The molecule has 1 unspecified atom stereocenters. The van der Waals surface area contributed by atoms with Crippen molar-refractivity contribution in [2.45, 2.75) is 19.5 Å². The number of hydrogen-bond donors (Lipinski definition) is 1. The van der Waals surface area contributed by atoms with Gasteiger partial charge in [-0.3, -0.25) is 4.79 Å². The number of carbonyl (C=O) groups is 1. The minimum atomic E-state index is -0.282. The Morgan fingerprint density at radius 3 is 2.86 bits per heavy atom. The number of aromatic nitrogens is 2. The van der Waals surface area contributed by atoms with Gasteiger partial charge in [0.25, 0.3) is 0 Å². The molecule has 0 saturated carbocycles. The number of rotatable bonds is 6. The molecule has 146 valence electrons. The van der Waals surface area contributed by atoms with Crippen molar-refractivity contribution >= 4 is 34.6 Å². The highest BCUT2D eigenvalue weighted by molar-refractivity contribution is 6.30. The quantitative estimate of drug-likeness (QED) is 0.447. The minimum absolute atomic E-state index is 0.213. The molecule has 6 heteroatoms. The Morgan fingerprint density at radius 1 is 1.21 bits per heavy atom. The first kappa shape index (κ1) is 19.0. The number of furan rings is 1. The molecular formula is C23H20ClN3O2. The molecule has 2 heterocycles. The Labute approximate surface area is 173 Å². The summed E-state index contributed by atoms with van der Waals surface area (Å²) in [5, 5.41) is 3.67. The molecule has 0 aliphatic rings. The van der Waals surface area contributed by atoms with E-state index in [9.17, 15) is 4.79 Å². The number of hydrogen-bond acceptors (Lipinski definition) is 3. The highest BCUT2D eigenvalue weighted by atomic mass is 35.5. The molecule has 1 N–H and O–H groups in total. The second-order valence-corrected chi connectivity index (χ2v) is 7.19. The van der Waals surface area contributed by atoms with Gasteiger partial charge in [0.05, 0.1) is 23.3 Å². The van der Waals surface area contributed by atoms with E-state index in [1.165, 1.54) is 6.08 Å². The Bertz CT molecular complexity index is 1160. The second-order valence-electron chi connectivity index (χ2n) is 6.75. The summed E-state index contributed by atoms with van der Waals surface area (Å²) in [6, 6.07) is 19.0. The zero-order chi connectivity index (χ0) is 20.2. The molecule has 1 amide bonds. The molecule has 29 heavy (non-hydrogen) atoms. The SMILES string of the molecule is CC(NC(=O)/C=C/c1ccco1)c1nc2ccccc2n1Cc1cccc(Cl)c1. The third-order valence-corrected chi connectivity index (χ3v) is 4.84. The van der Waals surface area contributed by atoms with Crippen molar-refractivity contribution in [3.8, 4) is 0 Å². The van der Waals surface area contributed by atoms with Gasteiger partial charge in [0.2, 0.25) is 5.91 Å². The number of benzene rings is 2. The Kier molecular flexibility index (Phi) is 5.49. The van der Waals surface area contributed by atoms with E-state index in [-0.39, 0.29) is 11.9 Å².